The van der Waals surface area contributed by atoms with E-state index in [0.717, 1.165) is 0 Å². The van der Waals surface area contributed by atoms with E-state index in [1.165, 1.54) is 50.0 Å². The van der Waals surface area contributed by atoms with E-state index in [1.54, 1.807) is 12.1 Å². The van der Waals surface area contributed by atoms with Crippen molar-refractivity contribution in [3.63, 3.8) is 0 Å². The maximum atomic E-state index is 12.2. The second kappa shape index (κ2) is 5.89. The molecule has 1 aliphatic carbocycles. The van der Waals surface area contributed by atoms with E-state index in [-0.39, 0.29) is 10.7 Å². The van der Waals surface area contributed by atoms with Gasteiger partial charge in [-0.3, -0.25) is 4.72 Å². The Bertz CT molecular complexity index is 672. The van der Waals surface area contributed by atoms with Crippen LogP contribution >= 0.6 is 0 Å². The van der Waals surface area contributed by atoms with Crippen LogP contribution in [0.3, 0.4) is 0 Å². The average molecular weight is 306 g/mol. The maximum Gasteiger partial charge on any atom is 0.263 e. The highest BCUT2D eigenvalue weighted by Gasteiger charge is 2.18. The molecule has 0 atom stereocenters. The predicted octanol–water partition coefficient (Wildman–Crippen LogP) is 3.52. The van der Waals surface area contributed by atoms with Crippen LogP contribution in [0.25, 0.3) is 0 Å². The van der Waals surface area contributed by atoms with Gasteiger partial charge in [-0.05, 0) is 36.5 Å². The van der Waals surface area contributed by atoms with E-state index in [9.17, 15) is 8.42 Å². The quantitative estimate of drug-likeness (QED) is 0.938. The number of sulfonamides is 1. The maximum absolute atomic E-state index is 12.2. The van der Waals surface area contributed by atoms with Crippen LogP contribution in [0.4, 0.5) is 5.82 Å². The summed E-state index contributed by atoms with van der Waals surface area (Å²) in [5.41, 5.74) is 1.23. The third kappa shape index (κ3) is 3.26. The van der Waals surface area contributed by atoms with Crippen molar-refractivity contribution >= 4 is 15.8 Å². The minimum absolute atomic E-state index is 0.186. The normalized spacial score (nSPS) is 16.8. The highest BCUT2D eigenvalue weighted by molar-refractivity contribution is 7.92. The topological polar surface area (TPSA) is 72.2 Å². The molecule has 1 heterocycles. The molecule has 6 heteroatoms. The largest absolute Gasteiger partial charge is 0.363 e. The second-order valence-electron chi connectivity index (χ2n) is 5.39. The molecule has 21 heavy (non-hydrogen) atoms. The minimum Gasteiger partial charge on any atom is -0.363 e. The van der Waals surface area contributed by atoms with Gasteiger partial charge < -0.3 is 4.52 Å². The number of hydrogen-bond acceptors (Lipinski definition) is 4. The van der Waals surface area contributed by atoms with Crippen LogP contribution in [0.5, 0.6) is 0 Å². The van der Waals surface area contributed by atoms with E-state index in [0.29, 0.717) is 5.92 Å². The van der Waals surface area contributed by atoms with Crippen molar-refractivity contribution in [2.45, 2.75) is 42.9 Å². The summed E-state index contributed by atoms with van der Waals surface area (Å²) in [5.74, 6) is 0.755. The van der Waals surface area contributed by atoms with Crippen LogP contribution < -0.4 is 4.72 Å². The standard InChI is InChI=1S/C15H18N2O3S/c18-21(19,17-15-10-11-20-16-15)14-8-6-13(7-9-14)12-4-2-1-3-5-12/h6-12H,1-5H2,(H,16,17). The lowest BCUT2D eigenvalue weighted by molar-refractivity contribution is 0.423. The van der Waals surface area contributed by atoms with Crippen LogP contribution in [0.1, 0.15) is 43.6 Å². The summed E-state index contributed by atoms with van der Waals surface area (Å²) >= 11 is 0. The van der Waals surface area contributed by atoms with Crippen LogP contribution in [0, 0.1) is 0 Å². The Morgan fingerprint density at radius 2 is 1.76 bits per heavy atom. The number of benzene rings is 1. The molecule has 0 bridgehead atoms. The summed E-state index contributed by atoms with van der Waals surface area (Å²) in [4.78, 5) is 0.241. The van der Waals surface area contributed by atoms with E-state index in [4.69, 9.17) is 0 Å². The third-order valence-corrected chi connectivity index (χ3v) is 5.31. The van der Waals surface area contributed by atoms with Gasteiger partial charge in [0, 0.05) is 6.07 Å². The Kier molecular flexibility index (Phi) is 3.96. The van der Waals surface area contributed by atoms with Crippen LogP contribution in [0.2, 0.25) is 0 Å². The third-order valence-electron chi connectivity index (χ3n) is 3.94. The van der Waals surface area contributed by atoms with Gasteiger partial charge in [-0.25, -0.2) is 8.42 Å². The van der Waals surface area contributed by atoms with Gasteiger partial charge in [0.05, 0.1) is 4.90 Å². The Labute approximate surface area is 124 Å². The molecule has 2 aromatic rings. The van der Waals surface area contributed by atoms with Gasteiger partial charge in [-0.15, -0.1) is 0 Å². The van der Waals surface area contributed by atoms with Crippen molar-refractivity contribution in [1.29, 1.82) is 0 Å². The second-order valence-corrected chi connectivity index (χ2v) is 7.08. The zero-order valence-corrected chi connectivity index (χ0v) is 12.5. The lowest BCUT2D eigenvalue weighted by Gasteiger charge is -2.22. The van der Waals surface area contributed by atoms with Gasteiger partial charge in [0.15, 0.2) is 5.82 Å². The summed E-state index contributed by atoms with van der Waals surface area (Å²) in [6.07, 6.45) is 7.55. The highest BCUT2D eigenvalue weighted by atomic mass is 32.2. The molecule has 0 saturated heterocycles. The lowest BCUT2D eigenvalue weighted by Crippen LogP contribution is -2.13. The first-order valence-corrected chi connectivity index (χ1v) is 8.67. The number of rotatable bonds is 4. The Morgan fingerprint density at radius 1 is 1.05 bits per heavy atom. The molecule has 1 aromatic carbocycles. The number of hydrogen-bond donors (Lipinski definition) is 1. The smallest absolute Gasteiger partial charge is 0.263 e. The van der Waals surface area contributed by atoms with E-state index in [2.05, 4.69) is 14.4 Å². The van der Waals surface area contributed by atoms with Crippen LogP contribution in [0.15, 0.2) is 46.0 Å². The molecule has 1 saturated carbocycles. The lowest BCUT2D eigenvalue weighted by atomic mass is 9.84. The first-order chi connectivity index (χ1) is 10.1. The number of nitrogens with one attached hydrogen (secondary N) is 1. The molecular weight excluding hydrogens is 288 g/mol. The molecular formula is C15H18N2O3S. The van der Waals surface area contributed by atoms with Gasteiger partial charge in [-0.1, -0.05) is 36.6 Å². The van der Waals surface area contributed by atoms with Gasteiger partial charge in [0.1, 0.15) is 6.26 Å². The SMILES string of the molecule is O=S(=O)(Nc1ccon1)c1ccc(C2CCCCC2)cc1. The summed E-state index contributed by atoms with van der Waals surface area (Å²) in [6.45, 7) is 0. The van der Waals surface area contributed by atoms with Crippen LogP contribution in [-0.4, -0.2) is 13.6 Å². The van der Waals surface area contributed by atoms with E-state index < -0.39 is 10.0 Å². The summed E-state index contributed by atoms with van der Waals surface area (Å²) in [6, 6.07) is 8.63. The first-order valence-electron chi connectivity index (χ1n) is 7.18. The van der Waals surface area contributed by atoms with Crippen molar-refractivity contribution in [3.8, 4) is 0 Å². The first kappa shape index (κ1) is 14.1. The fraction of sp³-hybridized carbons (Fsp3) is 0.400. The molecule has 0 spiro atoms. The zero-order valence-electron chi connectivity index (χ0n) is 11.7. The molecule has 112 valence electrons. The molecule has 5 nitrogen and oxygen atoms in total. The highest BCUT2D eigenvalue weighted by Crippen LogP contribution is 2.32. The monoisotopic (exact) mass is 306 g/mol. The Hall–Kier alpha value is -1.82. The minimum atomic E-state index is -3.60. The summed E-state index contributed by atoms with van der Waals surface area (Å²) < 4.78 is 31.4. The summed E-state index contributed by atoms with van der Waals surface area (Å²) in [7, 11) is -3.60. The van der Waals surface area contributed by atoms with Gasteiger partial charge in [0.25, 0.3) is 10.0 Å². The zero-order chi connectivity index (χ0) is 14.7. The van der Waals surface area contributed by atoms with E-state index in [1.807, 2.05) is 12.1 Å². The van der Waals surface area contributed by atoms with Gasteiger partial charge in [-0.2, -0.15) is 0 Å². The molecule has 1 fully saturated rings. The van der Waals surface area contributed by atoms with Crippen molar-refractivity contribution in [1.82, 2.24) is 5.16 Å². The van der Waals surface area contributed by atoms with Gasteiger partial charge in [0.2, 0.25) is 0 Å². The van der Waals surface area contributed by atoms with E-state index >= 15 is 0 Å². The van der Waals surface area contributed by atoms with Crippen molar-refractivity contribution in [3.05, 3.63) is 42.2 Å². The molecule has 3 rings (SSSR count). The average Bonchev–Trinajstić information content (AvgIpc) is 3.00. The Balaban J connectivity index is 1.76. The Morgan fingerprint density at radius 3 is 2.38 bits per heavy atom. The number of anilines is 1. The number of nitrogens with zero attached hydrogens (tertiary/aromatic N) is 1. The van der Waals surface area contributed by atoms with Crippen molar-refractivity contribution in [2.24, 2.45) is 0 Å². The molecule has 0 unspecified atom stereocenters. The number of aromatic nitrogens is 1. The predicted molar refractivity (Wildman–Crippen MR) is 79.6 cm³/mol. The molecule has 1 N–H and O–H groups in total. The molecule has 0 aliphatic heterocycles. The molecule has 1 aliphatic rings. The van der Waals surface area contributed by atoms with Gasteiger partial charge >= 0.3 is 0 Å². The molecule has 0 amide bonds. The fourth-order valence-corrected chi connectivity index (χ4v) is 3.81. The summed E-state index contributed by atoms with van der Waals surface area (Å²) in [5, 5.41) is 3.55. The molecule has 1 aromatic heterocycles. The fourth-order valence-electron chi connectivity index (χ4n) is 2.82. The van der Waals surface area contributed by atoms with Crippen molar-refractivity contribution < 1.29 is 12.9 Å². The molecule has 0 radical (unpaired) electrons. The van der Waals surface area contributed by atoms with Crippen LogP contribution in [-0.2, 0) is 10.0 Å². The van der Waals surface area contributed by atoms with Crippen molar-refractivity contribution in [2.75, 3.05) is 4.72 Å².